The third-order valence-corrected chi connectivity index (χ3v) is 1.44. The van der Waals surface area contributed by atoms with Crippen LogP contribution in [-0.2, 0) is 4.79 Å². The Labute approximate surface area is 66.6 Å². The van der Waals surface area contributed by atoms with Gasteiger partial charge in [-0.25, -0.2) is 0 Å². The molecular formula is C7H16N2O2. The molecule has 0 radical (unpaired) electrons. The number of hydrogen-bond donors (Lipinski definition) is 3. The van der Waals surface area contributed by atoms with Gasteiger partial charge in [0.1, 0.15) is 6.10 Å². The smallest absolute Gasteiger partial charge is 0.247 e. The fraction of sp³-hybridized carbons (Fsp3) is 0.857. The van der Waals surface area contributed by atoms with Crippen LogP contribution in [0.3, 0.4) is 0 Å². The van der Waals surface area contributed by atoms with Crippen LogP contribution in [0.5, 0.6) is 0 Å². The molecule has 4 heteroatoms. The number of aliphatic hydroxyl groups is 1. The maximum atomic E-state index is 10.4. The Bertz CT molecular complexity index is 136. The van der Waals surface area contributed by atoms with Gasteiger partial charge in [-0.1, -0.05) is 13.8 Å². The quantitative estimate of drug-likeness (QED) is 0.503. The Morgan fingerprint density at radius 1 is 1.55 bits per heavy atom. The van der Waals surface area contributed by atoms with E-state index in [4.69, 9.17) is 16.6 Å². The van der Waals surface area contributed by atoms with Crippen LogP contribution in [0.15, 0.2) is 0 Å². The molecule has 0 aromatic heterocycles. The van der Waals surface area contributed by atoms with Gasteiger partial charge in [-0.3, -0.25) is 4.79 Å². The van der Waals surface area contributed by atoms with Crippen molar-refractivity contribution < 1.29 is 9.90 Å². The van der Waals surface area contributed by atoms with E-state index in [0.29, 0.717) is 12.3 Å². The molecule has 11 heavy (non-hydrogen) atoms. The van der Waals surface area contributed by atoms with Gasteiger partial charge in [0.05, 0.1) is 0 Å². The highest BCUT2D eigenvalue weighted by molar-refractivity contribution is 5.79. The molecule has 4 nitrogen and oxygen atoms in total. The molecule has 0 fully saturated rings. The molecule has 0 aliphatic rings. The van der Waals surface area contributed by atoms with E-state index < -0.39 is 18.1 Å². The third kappa shape index (κ3) is 3.95. The van der Waals surface area contributed by atoms with E-state index in [2.05, 4.69) is 0 Å². The van der Waals surface area contributed by atoms with E-state index in [-0.39, 0.29) is 0 Å². The Hall–Kier alpha value is -0.610. The highest BCUT2D eigenvalue weighted by Crippen LogP contribution is 2.05. The van der Waals surface area contributed by atoms with Crippen LogP contribution in [0.1, 0.15) is 20.3 Å². The second kappa shape index (κ2) is 4.31. The molecule has 0 aromatic carbocycles. The lowest BCUT2D eigenvalue weighted by Gasteiger charge is -2.17. The van der Waals surface area contributed by atoms with Gasteiger partial charge in [0.15, 0.2) is 0 Å². The van der Waals surface area contributed by atoms with Crippen molar-refractivity contribution >= 4 is 5.91 Å². The minimum Gasteiger partial charge on any atom is -0.382 e. The summed E-state index contributed by atoms with van der Waals surface area (Å²) in [7, 11) is 0. The first-order chi connectivity index (χ1) is 4.95. The predicted molar refractivity (Wildman–Crippen MR) is 42.6 cm³/mol. The number of carbonyl (C=O) groups is 1. The molecule has 1 amide bonds. The summed E-state index contributed by atoms with van der Waals surface area (Å²) in [5.74, 6) is -0.392. The van der Waals surface area contributed by atoms with Crippen molar-refractivity contribution in [1.29, 1.82) is 0 Å². The minimum atomic E-state index is -1.21. The first-order valence-corrected chi connectivity index (χ1v) is 3.68. The second-order valence-corrected chi connectivity index (χ2v) is 3.14. The molecule has 0 heterocycles. The number of hydrogen-bond acceptors (Lipinski definition) is 3. The summed E-state index contributed by atoms with van der Waals surface area (Å²) in [6.07, 6.45) is -0.609. The third-order valence-electron chi connectivity index (χ3n) is 1.44. The normalized spacial score (nSPS) is 16.5. The van der Waals surface area contributed by atoms with E-state index in [0.717, 1.165) is 0 Å². The van der Waals surface area contributed by atoms with Crippen LogP contribution in [0.4, 0.5) is 0 Å². The van der Waals surface area contributed by atoms with Gasteiger partial charge in [-0.15, -0.1) is 0 Å². The number of rotatable bonds is 4. The summed E-state index contributed by atoms with van der Waals surface area (Å²) >= 11 is 0. The summed E-state index contributed by atoms with van der Waals surface area (Å²) in [6.45, 7) is 3.93. The highest BCUT2D eigenvalue weighted by Gasteiger charge is 2.20. The Kier molecular flexibility index (Phi) is 4.07. The number of primary amides is 1. The summed E-state index contributed by atoms with van der Waals surface area (Å²) in [5.41, 5.74) is 10.3. The van der Waals surface area contributed by atoms with Crippen LogP contribution in [0.2, 0.25) is 0 Å². The van der Waals surface area contributed by atoms with Gasteiger partial charge in [0.2, 0.25) is 5.91 Å². The maximum Gasteiger partial charge on any atom is 0.247 e. The lowest BCUT2D eigenvalue weighted by Crippen LogP contribution is -2.44. The zero-order valence-corrected chi connectivity index (χ0v) is 6.95. The molecule has 0 aromatic rings. The summed E-state index contributed by atoms with van der Waals surface area (Å²) in [4.78, 5) is 10.4. The standard InChI is InChI=1S/C7H16N2O2/c1-4(2)3-5(8)6(10)7(9)11/h4-6,10H,3,8H2,1-2H3,(H2,9,11)/t5-,6+/m1/s1. The molecule has 2 atom stereocenters. The van der Waals surface area contributed by atoms with Crippen LogP contribution < -0.4 is 11.5 Å². The largest absolute Gasteiger partial charge is 0.382 e. The topological polar surface area (TPSA) is 89.3 Å². The summed E-state index contributed by atoms with van der Waals surface area (Å²) < 4.78 is 0. The number of carbonyl (C=O) groups excluding carboxylic acids is 1. The average molecular weight is 160 g/mol. The Morgan fingerprint density at radius 2 is 2.00 bits per heavy atom. The lowest BCUT2D eigenvalue weighted by molar-refractivity contribution is -0.127. The number of aliphatic hydroxyl groups excluding tert-OH is 1. The minimum absolute atomic E-state index is 0.360. The van der Waals surface area contributed by atoms with Crippen molar-refractivity contribution in [2.75, 3.05) is 0 Å². The van der Waals surface area contributed by atoms with Crippen LogP contribution in [0.25, 0.3) is 0 Å². The molecule has 66 valence electrons. The predicted octanol–water partition coefficient (Wildman–Crippen LogP) is -0.794. The molecule has 0 saturated carbocycles. The molecular weight excluding hydrogens is 144 g/mol. The van der Waals surface area contributed by atoms with E-state index in [9.17, 15) is 4.79 Å². The van der Waals surface area contributed by atoms with Crippen molar-refractivity contribution in [1.82, 2.24) is 0 Å². The Balaban J connectivity index is 3.82. The van der Waals surface area contributed by atoms with E-state index in [1.807, 2.05) is 13.8 Å². The maximum absolute atomic E-state index is 10.4. The summed E-state index contributed by atoms with van der Waals surface area (Å²) in [5, 5.41) is 9.04. The fourth-order valence-electron chi connectivity index (χ4n) is 0.884. The molecule has 0 rings (SSSR count). The van der Waals surface area contributed by atoms with Crippen LogP contribution in [0, 0.1) is 5.92 Å². The van der Waals surface area contributed by atoms with Crippen molar-refractivity contribution in [2.24, 2.45) is 17.4 Å². The van der Waals surface area contributed by atoms with E-state index in [1.165, 1.54) is 0 Å². The van der Waals surface area contributed by atoms with Gasteiger partial charge >= 0.3 is 0 Å². The van der Waals surface area contributed by atoms with Crippen molar-refractivity contribution in [2.45, 2.75) is 32.4 Å². The second-order valence-electron chi connectivity index (χ2n) is 3.14. The van der Waals surface area contributed by atoms with Gasteiger partial charge in [-0.2, -0.15) is 0 Å². The Morgan fingerprint density at radius 3 is 2.27 bits per heavy atom. The average Bonchev–Trinajstić information content (AvgIpc) is 1.84. The van der Waals surface area contributed by atoms with Gasteiger partial charge in [0, 0.05) is 6.04 Å². The van der Waals surface area contributed by atoms with Crippen molar-refractivity contribution in [3.63, 3.8) is 0 Å². The van der Waals surface area contributed by atoms with Crippen LogP contribution >= 0.6 is 0 Å². The molecule has 0 aliphatic carbocycles. The fourth-order valence-corrected chi connectivity index (χ4v) is 0.884. The molecule has 0 spiro atoms. The molecule has 5 N–H and O–H groups in total. The lowest BCUT2D eigenvalue weighted by atomic mass is 10.00. The van der Waals surface area contributed by atoms with E-state index in [1.54, 1.807) is 0 Å². The number of nitrogens with two attached hydrogens (primary N) is 2. The molecule has 0 aliphatic heterocycles. The van der Waals surface area contributed by atoms with Crippen molar-refractivity contribution in [3.8, 4) is 0 Å². The highest BCUT2D eigenvalue weighted by atomic mass is 16.3. The van der Waals surface area contributed by atoms with Gasteiger partial charge in [-0.05, 0) is 12.3 Å². The SMILES string of the molecule is CC(C)C[C@@H](N)[C@H](O)C(N)=O. The first-order valence-electron chi connectivity index (χ1n) is 3.68. The molecule has 0 unspecified atom stereocenters. The summed E-state index contributed by atoms with van der Waals surface area (Å²) in [6, 6.07) is -0.535. The molecule has 0 saturated heterocycles. The van der Waals surface area contributed by atoms with Gasteiger partial charge < -0.3 is 16.6 Å². The van der Waals surface area contributed by atoms with E-state index >= 15 is 0 Å². The molecule has 0 bridgehead atoms. The zero-order valence-electron chi connectivity index (χ0n) is 6.95. The zero-order chi connectivity index (χ0) is 9.02. The van der Waals surface area contributed by atoms with Crippen LogP contribution in [-0.4, -0.2) is 23.2 Å². The van der Waals surface area contributed by atoms with Gasteiger partial charge in [0.25, 0.3) is 0 Å². The van der Waals surface area contributed by atoms with Crippen molar-refractivity contribution in [3.05, 3.63) is 0 Å². The first kappa shape index (κ1) is 10.4. The monoisotopic (exact) mass is 160 g/mol. The number of amides is 1.